The zero-order valence-corrected chi connectivity index (χ0v) is 11.1. The van der Waals surface area contributed by atoms with Crippen molar-refractivity contribution < 1.29 is 13.2 Å². The molecular formula is C11H20N2O3S. The number of sulfonamides is 1. The summed E-state index contributed by atoms with van der Waals surface area (Å²) in [5.41, 5.74) is 0. The number of carbonyl (C=O) groups excluding carboxylic acids is 1. The number of carbonyl (C=O) groups is 1. The fourth-order valence-electron chi connectivity index (χ4n) is 2.64. The Morgan fingerprint density at radius 2 is 1.76 bits per heavy atom. The molecule has 5 nitrogen and oxygen atoms in total. The van der Waals surface area contributed by atoms with E-state index in [1.54, 1.807) is 0 Å². The Bertz CT molecular complexity index is 388. The first-order valence-electron chi connectivity index (χ1n) is 6.22. The molecule has 2 fully saturated rings. The quantitative estimate of drug-likeness (QED) is 0.716. The highest BCUT2D eigenvalue weighted by Crippen LogP contribution is 2.22. The predicted molar refractivity (Wildman–Crippen MR) is 65.0 cm³/mol. The van der Waals surface area contributed by atoms with Crippen LogP contribution in [0.1, 0.15) is 25.7 Å². The van der Waals surface area contributed by atoms with Gasteiger partial charge in [-0.25, -0.2) is 12.7 Å². The van der Waals surface area contributed by atoms with Gasteiger partial charge >= 0.3 is 0 Å². The zero-order chi connectivity index (χ0) is 12.5. The summed E-state index contributed by atoms with van der Waals surface area (Å²) < 4.78 is 24.4. The van der Waals surface area contributed by atoms with Gasteiger partial charge in [-0.3, -0.25) is 4.79 Å². The van der Waals surface area contributed by atoms with E-state index < -0.39 is 10.0 Å². The van der Waals surface area contributed by atoms with Gasteiger partial charge in [-0.15, -0.1) is 0 Å². The van der Waals surface area contributed by atoms with Gasteiger partial charge in [-0.1, -0.05) is 0 Å². The molecule has 0 aliphatic carbocycles. The van der Waals surface area contributed by atoms with Gasteiger partial charge in [0.2, 0.25) is 15.9 Å². The van der Waals surface area contributed by atoms with Gasteiger partial charge in [0.25, 0.3) is 0 Å². The average molecular weight is 260 g/mol. The van der Waals surface area contributed by atoms with Gasteiger partial charge in [0.15, 0.2) is 0 Å². The summed E-state index contributed by atoms with van der Waals surface area (Å²) in [7, 11) is -3.15. The second kappa shape index (κ2) is 4.94. The van der Waals surface area contributed by atoms with E-state index in [0.717, 1.165) is 38.8 Å². The molecule has 0 radical (unpaired) electrons. The maximum absolute atomic E-state index is 12.2. The molecule has 2 heterocycles. The molecule has 1 unspecified atom stereocenters. The third kappa shape index (κ3) is 2.98. The van der Waals surface area contributed by atoms with Gasteiger partial charge in [0.05, 0.1) is 12.2 Å². The Morgan fingerprint density at radius 3 is 2.35 bits per heavy atom. The highest BCUT2D eigenvalue weighted by atomic mass is 32.2. The van der Waals surface area contributed by atoms with E-state index in [9.17, 15) is 13.2 Å². The van der Waals surface area contributed by atoms with Crippen LogP contribution in [0.2, 0.25) is 0 Å². The summed E-state index contributed by atoms with van der Waals surface area (Å²) >= 11 is 0. The van der Waals surface area contributed by atoms with Crippen molar-refractivity contribution in [2.75, 3.05) is 32.4 Å². The first kappa shape index (κ1) is 12.8. The summed E-state index contributed by atoms with van der Waals surface area (Å²) in [5, 5.41) is 0. The van der Waals surface area contributed by atoms with Crippen molar-refractivity contribution in [2.45, 2.75) is 25.7 Å². The van der Waals surface area contributed by atoms with Crippen molar-refractivity contribution in [3.8, 4) is 0 Å². The van der Waals surface area contributed by atoms with Gasteiger partial charge in [-0.05, 0) is 25.7 Å². The first-order valence-corrected chi connectivity index (χ1v) is 8.07. The standard InChI is InChI=1S/C11H20N2O3S/c1-17(15,16)13-8-4-5-10(9-13)11(14)12-6-2-3-7-12/h10H,2-9H2,1H3. The lowest BCUT2D eigenvalue weighted by molar-refractivity contribution is -0.135. The summed E-state index contributed by atoms with van der Waals surface area (Å²) in [6.07, 6.45) is 4.98. The molecule has 0 aromatic heterocycles. The molecule has 2 rings (SSSR count). The van der Waals surface area contributed by atoms with Crippen LogP contribution >= 0.6 is 0 Å². The van der Waals surface area contributed by atoms with Gasteiger partial charge in [0.1, 0.15) is 0 Å². The van der Waals surface area contributed by atoms with E-state index in [1.807, 2.05) is 4.90 Å². The van der Waals surface area contributed by atoms with E-state index in [-0.39, 0.29) is 11.8 Å². The summed E-state index contributed by atoms with van der Waals surface area (Å²) in [6, 6.07) is 0. The van der Waals surface area contributed by atoms with Crippen molar-refractivity contribution in [1.29, 1.82) is 0 Å². The van der Waals surface area contributed by atoms with Crippen LogP contribution in [0.15, 0.2) is 0 Å². The average Bonchev–Trinajstić information content (AvgIpc) is 2.80. The maximum atomic E-state index is 12.2. The van der Waals surface area contributed by atoms with Crippen LogP contribution in [-0.4, -0.2) is 56.0 Å². The number of likely N-dealkylation sites (tertiary alicyclic amines) is 1. The molecule has 2 aliphatic rings. The SMILES string of the molecule is CS(=O)(=O)N1CCCC(C(=O)N2CCCC2)C1. The molecule has 2 saturated heterocycles. The van der Waals surface area contributed by atoms with Crippen molar-refractivity contribution in [3.05, 3.63) is 0 Å². The van der Waals surface area contributed by atoms with Crippen molar-refractivity contribution in [2.24, 2.45) is 5.92 Å². The number of nitrogens with zero attached hydrogens (tertiary/aromatic N) is 2. The first-order chi connectivity index (χ1) is 7.98. The van der Waals surface area contributed by atoms with Crippen LogP contribution in [0.4, 0.5) is 0 Å². The van der Waals surface area contributed by atoms with Crippen molar-refractivity contribution >= 4 is 15.9 Å². The van der Waals surface area contributed by atoms with Crippen LogP contribution in [0.5, 0.6) is 0 Å². The Balaban J connectivity index is 1.99. The minimum atomic E-state index is -3.15. The van der Waals surface area contributed by atoms with E-state index in [0.29, 0.717) is 13.1 Å². The highest BCUT2D eigenvalue weighted by Gasteiger charge is 2.33. The summed E-state index contributed by atoms with van der Waals surface area (Å²) in [4.78, 5) is 14.1. The molecule has 1 amide bonds. The number of hydrogen-bond donors (Lipinski definition) is 0. The third-order valence-corrected chi connectivity index (χ3v) is 4.89. The lowest BCUT2D eigenvalue weighted by atomic mass is 9.98. The normalized spacial score (nSPS) is 27.4. The number of hydrogen-bond acceptors (Lipinski definition) is 3. The molecule has 0 aromatic rings. The van der Waals surface area contributed by atoms with Crippen LogP contribution < -0.4 is 0 Å². The number of amides is 1. The summed E-state index contributed by atoms with van der Waals surface area (Å²) in [6.45, 7) is 2.61. The fraction of sp³-hybridized carbons (Fsp3) is 0.909. The van der Waals surface area contributed by atoms with Crippen LogP contribution in [0.25, 0.3) is 0 Å². The van der Waals surface area contributed by atoms with E-state index >= 15 is 0 Å². The lowest BCUT2D eigenvalue weighted by Crippen LogP contribution is -2.45. The minimum Gasteiger partial charge on any atom is -0.342 e. The number of piperidine rings is 1. The lowest BCUT2D eigenvalue weighted by Gasteiger charge is -2.32. The fourth-order valence-corrected chi connectivity index (χ4v) is 3.55. The predicted octanol–water partition coefficient (Wildman–Crippen LogP) is 0.280. The van der Waals surface area contributed by atoms with Crippen LogP contribution in [0.3, 0.4) is 0 Å². The van der Waals surface area contributed by atoms with E-state index in [4.69, 9.17) is 0 Å². The molecule has 0 N–H and O–H groups in total. The molecule has 1 atom stereocenters. The van der Waals surface area contributed by atoms with Crippen LogP contribution in [-0.2, 0) is 14.8 Å². The third-order valence-electron chi connectivity index (χ3n) is 3.62. The van der Waals surface area contributed by atoms with Gasteiger partial charge < -0.3 is 4.90 Å². The van der Waals surface area contributed by atoms with Gasteiger partial charge in [0, 0.05) is 26.2 Å². The van der Waals surface area contributed by atoms with Crippen LogP contribution in [0, 0.1) is 5.92 Å². The molecular weight excluding hydrogens is 240 g/mol. The Hall–Kier alpha value is -0.620. The van der Waals surface area contributed by atoms with Crippen molar-refractivity contribution in [3.63, 3.8) is 0 Å². The maximum Gasteiger partial charge on any atom is 0.227 e. The molecule has 0 bridgehead atoms. The molecule has 0 aromatic carbocycles. The summed E-state index contributed by atoms with van der Waals surface area (Å²) in [5.74, 6) is 0.0208. The monoisotopic (exact) mass is 260 g/mol. The number of rotatable bonds is 2. The van der Waals surface area contributed by atoms with Crippen molar-refractivity contribution in [1.82, 2.24) is 9.21 Å². The Morgan fingerprint density at radius 1 is 1.12 bits per heavy atom. The minimum absolute atomic E-state index is 0.128. The second-order valence-electron chi connectivity index (χ2n) is 4.99. The molecule has 0 saturated carbocycles. The Kier molecular flexibility index (Phi) is 3.73. The highest BCUT2D eigenvalue weighted by molar-refractivity contribution is 7.88. The topological polar surface area (TPSA) is 57.7 Å². The van der Waals surface area contributed by atoms with E-state index in [2.05, 4.69) is 0 Å². The smallest absolute Gasteiger partial charge is 0.227 e. The molecule has 0 spiro atoms. The Labute approximate surface area is 103 Å². The van der Waals surface area contributed by atoms with E-state index in [1.165, 1.54) is 10.6 Å². The second-order valence-corrected chi connectivity index (χ2v) is 6.97. The zero-order valence-electron chi connectivity index (χ0n) is 10.3. The molecule has 6 heteroatoms. The molecule has 2 aliphatic heterocycles. The molecule has 17 heavy (non-hydrogen) atoms. The van der Waals surface area contributed by atoms with Gasteiger partial charge in [-0.2, -0.15) is 0 Å². The molecule has 98 valence electrons. The largest absolute Gasteiger partial charge is 0.342 e.